The molecule has 0 aromatic carbocycles. The lowest BCUT2D eigenvalue weighted by Gasteiger charge is -2.18. The third-order valence-corrected chi connectivity index (χ3v) is 0.697. The van der Waals surface area contributed by atoms with Crippen LogP contribution >= 0.6 is 0 Å². The largest absolute Gasteiger partial charge is 0.376 e. The summed E-state index contributed by atoms with van der Waals surface area (Å²) in [7, 11) is 0. The van der Waals surface area contributed by atoms with Gasteiger partial charge in [-0.15, -0.1) is 0 Å². The van der Waals surface area contributed by atoms with Gasteiger partial charge in [-0.05, 0) is 27.2 Å². The molecule has 0 aliphatic rings. The highest BCUT2D eigenvalue weighted by molar-refractivity contribution is 4.69. The second-order valence-corrected chi connectivity index (χ2v) is 2.61. The molecule has 0 saturated carbocycles. The van der Waals surface area contributed by atoms with E-state index >= 15 is 0 Å². The SMILES string of the molecule is [CH2]C(C)(C)OCCC. The highest BCUT2D eigenvalue weighted by Crippen LogP contribution is 2.05. The first kappa shape index (κ1) is 7.96. The predicted octanol–water partition coefficient (Wildman–Crippen LogP) is 2.03. The normalized spacial score (nSPS) is 12.0. The molecule has 0 heterocycles. The third-order valence-electron chi connectivity index (χ3n) is 0.697. The molecule has 0 unspecified atom stereocenters. The topological polar surface area (TPSA) is 9.23 Å². The van der Waals surface area contributed by atoms with Gasteiger partial charge in [0.15, 0.2) is 0 Å². The molecule has 0 aromatic heterocycles. The van der Waals surface area contributed by atoms with Crippen molar-refractivity contribution in [1.29, 1.82) is 0 Å². The Bertz CT molecular complexity index is 51.9. The van der Waals surface area contributed by atoms with Gasteiger partial charge in [0, 0.05) is 6.61 Å². The van der Waals surface area contributed by atoms with Crippen LogP contribution in [0.25, 0.3) is 0 Å². The maximum atomic E-state index is 5.27. The monoisotopic (exact) mass is 115 g/mol. The Hall–Kier alpha value is -0.0400. The Morgan fingerprint density at radius 1 is 1.50 bits per heavy atom. The molecule has 0 aliphatic carbocycles. The van der Waals surface area contributed by atoms with Crippen molar-refractivity contribution in [2.45, 2.75) is 32.8 Å². The van der Waals surface area contributed by atoms with E-state index in [1.54, 1.807) is 0 Å². The van der Waals surface area contributed by atoms with Crippen LogP contribution in [0.1, 0.15) is 27.2 Å². The molecule has 0 rings (SSSR count). The van der Waals surface area contributed by atoms with E-state index in [4.69, 9.17) is 4.74 Å². The van der Waals surface area contributed by atoms with Crippen LogP contribution in [0, 0.1) is 6.92 Å². The summed E-state index contributed by atoms with van der Waals surface area (Å²) >= 11 is 0. The van der Waals surface area contributed by atoms with Crippen molar-refractivity contribution >= 4 is 0 Å². The Kier molecular flexibility index (Phi) is 3.06. The zero-order valence-corrected chi connectivity index (χ0v) is 6.03. The van der Waals surface area contributed by atoms with Crippen LogP contribution in [-0.4, -0.2) is 12.2 Å². The average Bonchev–Trinajstić information content (AvgIpc) is 1.59. The summed E-state index contributed by atoms with van der Waals surface area (Å²) in [5.74, 6) is 0. The highest BCUT2D eigenvalue weighted by Gasteiger charge is 2.07. The molecule has 0 N–H and O–H groups in total. The second kappa shape index (κ2) is 3.08. The second-order valence-electron chi connectivity index (χ2n) is 2.61. The summed E-state index contributed by atoms with van der Waals surface area (Å²) in [6, 6.07) is 0. The van der Waals surface area contributed by atoms with Gasteiger partial charge in [-0.3, -0.25) is 0 Å². The minimum absolute atomic E-state index is 0.198. The van der Waals surface area contributed by atoms with Crippen LogP contribution < -0.4 is 0 Å². The first-order valence-corrected chi connectivity index (χ1v) is 3.05. The van der Waals surface area contributed by atoms with Gasteiger partial charge in [0.05, 0.1) is 5.60 Å². The van der Waals surface area contributed by atoms with Crippen molar-refractivity contribution in [3.63, 3.8) is 0 Å². The Balaban J connectivity index is 3.11. The van der Waals surface area contributed by atoms with Crippen molar-refractivity contribution in [3.8, 4) is 0 Å². The fraction of sp³-hybridized carbons (Fsp3) is 0.857. The molecular formula is C7H15O. The zero-order valence-electron chi connectivity index (χ0n) is 6.03. The number of hydrogen-bond donors (Lipinski definition) is 0. The van der Waals surface area contributed by atoms with Crippen LogP contribution in [-0.2, 0) is 4.74 Å². The first-order valence-electron chi connectivity index (χ1n) is 3.05. The van der Waals surface area contributed by atoms with Crippen molar-refractivity contribution < 1.29 is 4.74 Å². The zero-order chi connectivity index (χ0) is 6.62. The molecule has 1 heteroatoms. The molecule has 0 saturated heterocycles. The summed E-state index contributed by atoms with van der Waals surface area (Å²) in [6.45, 7) is 10.6. The lowest BCUT2D eigenvalue weighted by Crippen LogP contribution is -2.19. The van der Waals surface area contributed by atoms with E-state index in [0.717, 1.165) is 13.0 Å². The molecular weight excluding hydrogens is 100 g/mol. The third kappa shape index (κ3) is 5.96. The Morgan fingerprint density at radius 3 is 2.12 bits per heavy atom. The maximum absolute atomic E-state index is 5.27. The minimum Gasteiger partial charge on any atom is -0.376 e. The summed E-state index contributed by atoms with van der Waals surface area (Å²) < 4.78 is 5.27. The summed E-state index contributed by atoms with van der Waals surface area (Å²) in [6.07, 6.45) is 1.07. The van der Waals surface area contributed by atoms with Crippen LogP contribution in [0.3, 0.4) is 0 Å². The van der Waals surface area contributed by atoms with Crippen LogP contribution in [0.15, 0.2) is 0 Å². The summed E-state index contributed by atoms with van der Waals surface area (Å²) in [5, 5.41) is 0. The molecule has 0 aromatic rings. The van der Waals surface area contributed by atoms with Gasteiger partial charge >= 0.3 is 0 Å². The molecule has 1 nitrogen and oxygen atoms in total. The fourth-order valence-corrected chi connectivity index (χ4v) is 0.378. The number of hydrogen-bond acceptors (Lipinski definition) is 1. The van der Waals surface area contributed by atoms with E-state index in [0.29, 0.717) is 0 Å². The van der Waals surface area contributed by atoms with Crippen LogP contribution in [0.4, 0.5) is 0 Å². The first-order chi connectivity index (χ1) is 3.56. The molecule has 0 spiro atoms. The molecule has 1 radical (unpaired) electrons. The van der Waals surface area contributed by atoms with E-state index in [-0.39, 0.29) is 5.60 Å². The van der Waals surface area contributed by atoms with Crippen molar-refractivity contribution in [2.75, 3.05) is 6.61 Å². The highest BCUT2D eigenvalue weighted by atomic mass is 16.5. The van der Waals surface area contributed by atoms with Gasteiger partial charge in [0.1, 0.15) is 0 Å². The van der Waals surface area contributed by atoms with E-state index in [2.05, 4.69) is 13.8 Å². The van der Waals surface area contributed by atoms with E-state index < -0.39 is 0 Å². The smallest absolute Gasteiger partial charge is 0.0627 e. The summed E-state index contributed by atoms with van der Waals surface area (Å²) in [4.78, 5) is 0. The lowest BCUT2D eigenvalue weighted by molar-refractivity contribution is 0.0179. The van der Waals surface area contributed by atoms with E-state index in [1.165, 1.54) is 0 Å². The van der Waals surface area contributed by atoms with Crippen molar-refractivity contribution in [3.05, 3.63) is 6.92 Å². The average molecular weight is 115 g/mol. The summed E-state index contributed by atoms with van der Waals surface area (Å²) in [5.41, 5.74) is -0.198. The Morgan fingerprint density at radius 2 is 2.00 bits per heavy atom. The molecule has 0 fully saturated rings. The fourth-order valence-electron chi connectivity index (χ4n) is 0.378. The van der Waals surface area contributed by atoms with Crippen LogP contribution in [0.2, 0.25) is 0 Å². The maximum Gasteiger partial charge on any atom is 0.0627 e. The minimum atomic E-state index is -0.198. The predicted molar refractivity (Wildman–Crippen MR) is 35.7 cm³/mol. The standard InChI is InChI=1S/C7H15O/c1-5-6-8-7(2,3)4/h2,5-6H2,1,3-4H3. The van der Waals surface area contributed by atoms with Crippen LogP contribution in [0.5, 0.6) is 0 Å². The van der Waals surface area contributed by atoms with Gasteiger partial charge in [-0.1, -0.05) is 6.92 Å². The molecule has 0 aliphatic heterocycles. The Labute approximate surface area is 52.0 Å². The van der Waals surface area contributed by atoms with Crippen molar-refractivity contribution in [1.82, 2.24) is 0 Å². The molecule has 0 amide bonds. The molecule has 8 heavy (non-hydrogen) atoms. The lowest BCUT2D eigenvalue weighted by atomic mass is 10.2. The molecule has 0 atom stereocenters. The van der Waals surface area contributed by atoms with E-state index in [1.807, 2.05) is 13.8 Å². The van der Waals surface area contributed by atoms with Crippen molar-refractivity contribution in [2.24, 2.45) is 0 Å². The number of ether oxygens (including phenoxy) is 1. The molecule has 0 bridgehead atoms. The number of rotatable bonds is 3. The van der Waals surface area contributed by atoms with Gasteiger partial charge in [-0.2, -0.15) is 0 Å². The van der Waals surface area contributed by atoms with E-state index in [9.17, 15) is 0 Å². The van der Waals surface area contributed by atoms with Gasteiger partial charge < -0.3 is 4.74 Å². The molecule has 49 valence electrons. The quantitative estimate of drug-likeness (QED) is 0.546. The van der Waals surface area contributed by atoms with Gasteiger partial charge in [0.2, 0.25) is 0 Å². The van der Waals surface area contributed by atoms with Gasteiger partial charge in [0.25, 0.3) is 0 Å². The van der Waals surface area contributed by atoms with Gasteiger partial charge in [-0.25, -0.2) is 0 Å².